The summed E-state index contributed by atoms with van der Waals surface area (Å²) >= 11 is 5.52. The number of aryl methyl sites for hydroxylation is 1. The third kappa shape index (κ3) is 1.30. The molecule has 14 heavy (non-hydrogen) atoms. The molecule has 2 rings (SSSR count). The number of aromatic nitrogens is 2. The Balaban J connectivity index is 2.72. The molecule has 2 aromatic heterocycles. The smallest absolute Gasteiger partial charge is 0.179 e. The van der Waals surface area contributed by atoms with E-state index in [1.54, 1.807) is 12.4 Å². The Kier molecular flexibility index (Phi) is 2.25. The predicted molar refractivity (Wildman–Crippen MR) is 55.8 cm³/mol. The maximum absolute atomic E-state index is 11.5. The van der Waals surface area contributed by atoms with E-state index in [1.807, 2.05) is 23.7 Å². The fraction of sp³-hybridized carbons (Fsp3) is 0.200. The second-order valence-corrected chi connectivity index (χ2v) is 3.35. The molecule has 72 valence electrons. The van der Waals surface area contributed by atoms with Gasteiger partial charge in [-0.3, -0.25) is 4.79 Å². The number of hydrogen-bond donors (Lipinski definition) is 0. The average Bonchev–Trinajstić information content (AvgIpc) is 2.56. The maximum Gasteiger partial charge on any atom is 0.179 e. The first-order valence-corrected chi connectivity index (χ1v) is 4.76. The highest BCUT2D eigenvalue weighted by atomic mass is 35.5. The van der Waals surface area contributed by atoms with E-state index in [0.29, 0.717) is 5.56 Å². The molecule has 0 aliphatic rings. The standard InChI is InChI=1S/C10H9ClN2O/c1-13-6-8(9(14)5-11)7-3-2-4-12-10(7)13/h2-4,6H,5H2,1H3. The van der Waals surface area contributed by atoms with Crippen LogP contribution in [-0.4, -0.2) is 21.2 Å². The molecular formula is C10H9ClN2O. The van der Waals surface area contributed by atoms with Gasteiger partial charge in [0.25, 0.3) is 0 Å². The van der Waals surface area contributed by atoms with Gasteiger partial charge in [0.1, 0.15) is 5.65 Å². The summed E-state index contributed by atoms with van der Waals surface area (Å²) in [5.41, 5.74) is 1.45. The van der Waals surface area contributed by atoms with E-state index in [2.05, 4.69) is 4.98 Å². The minimum atomic E-state index is -0.0646. The molecular weight excluding hydrogens is 200 g/mol. The number of fused-ring (bicyclic) bond motifs is 1. The van der Waals surface area contributed by atoms with Crippen LogP contribution in [0.2, 0.25) is 0 Å². The van der Waals surface area contributed by atoms with Crippen molar-refractivity contribution in [2.45, 2.75) is 0 Å². The van der Waals surface area contributed by atoms with Gasteiger partial charge in [-0.1, -0.05) is 0 Å². The van der Waals surface area contributed by atoms with Gasteiger partial charge in [-0.2, -0.15) is 0 Å². The molecule has 0 aromatic carbocycles. The number of Topliss-reactive ketones (excluding diaryl/α,β-unsaturated/α-hetero) is 1. The topological polar surface area (TPSA) is 34.9 Å². The van der Waals surface area contributed by atoms with Crippen molar-refractivity contribution in [2.75, 3.05) is 5.88 Å². The molecule has 0 aliphatic heterocycles. The Morgan fingerprint density at radius 3 is 3.14 bits per heavy atom. The van der Waals surface area contributed by atoms with Crippen LogP contribution in [0.3, 0.4) is 0 Å². The van der Waals surface area contributed by atoms with Crippen LogP contribution in [0.4, 0.5) is 0 Å². The number of carbonyl (C=O) groups is 1. The Morgan fingerprint density at radius 2 is 2.43 bits per heavy atom. The zero-order valence-corrected chi connectivity index (χ0v) is 8.45. The van der Waals surface area contributed by atoms with Crippen molar-refractivity contribution < 1.29 is 4.79 Å². The molecule has 0 amide bonds. The van der Waals surface area contributed by atoms with E-state index in [4.69, 9.17) is 11.6 Å². The Morgan fingerprint density at radius 1 is 1.64 bits per heavy atom. The van der Waals surface area contributed by atoms with Crippen molar-refractivity contribution >= 4 is 28.4 Å². The Bertz CT molecular complexity index is 490. The average molecular weight is 209 g/mol. The number of hydrogen-bond acceptors (Lipinski definition) is 2. The molecule has 4 heteroatoms. The highest BCUT2D eigenvalue weighted by Gasteiger charge is 2.12. The zero-order chi connectivity index (χ0) is 10.1. The van der Waals surface area contributed by atoms with Gasteiger partial charge >= 0.3 is 0 Å². The van der Waals surface area contributed by atoms with Gasteiger partial charge in [0.05, 0.1) is 5.88 Å². The van der Waals surface area contributed by atoms with Crippen LogP contribution >= 0.6 is 11.6 Å². The van der Waals surface area contributed by atoms with Crippen molar-refractivity contribution in [1.82, 2.24) is 9.55 Å². The number of ketones is 1. The van der Waals surface area contributed by atoms with Gasteiger partial charge in [-0.25, -0.2) is 4.98 Å². The molecule has 0 aliphatic carbocycles. The molecule has 0 N–H and O–H groups in total. The Labute approximate surface area is 86.3 Å². The summed E-state index contributed by atoms with van der Waals surface area (Å²) in [4.78, 5) is 15.7. The summed E-state index contributed by atoms with van der Waals surface area (Å²) in [6.07, 6.45) is 3.47. The fourth-order valence-electron chi connectivity index (χ4n) is 1.51. The molecule has 0 radical (unpaired) electrons. The molecule has 2 aromatic rings. The van der Waals surface area contributed by atoms with Crippen molar-refractivity contribution in [3.8, 4) is 0 Å². The summed E-state index contributed by atoms with van der Waals surface area (Å²) < 4.78 is 1.83. The molecule has 0 spiro atoms. The maximum atomic E-state index is 11.5. The lowest BCUT2D eigenvalue weighted by molar-refractivity contribution is 0.102. The number of halogens is 1. The summed E-state index contributed by atoms with van der Waals surface area (Å²) in [7, 11) is 1.86. The Hall–Kier alpha value is -1.35. The highest BCUT2D eigenvalue weighted by molar-refractivity contribution is 6.31. The van der Waals surface area contributed by atoms with Crippen LogP contribution in [0.5, 0.6) is 0 Å². The number of nitrogens with zero attached hydrogens (tertiary/aromatic N) is 2. The summed E-state index contributed by atoms with van der Waals surface area (Å²) in [6.45, 7) is 0. The van der Waals surface area contributed by atoms with Gasteiger partial charge in [0.2, 0.25) is 0 Å². The molecule has 0 bridgehead atoms. The minimum absolute atomic E-state index is 0.00794. The van der Waals surface area contributed by atoms with E-state index in [1.165, 1.54) is 0 Å². The van der Waals surface area contributed by atoms with Crippen molar-refractivity contribution in [3.05, 3.63) is 30.1 Å². The molecule has 3 nitrogen and oxygen atoms in total. The van der Waals surface area contributed by atoms with Crippen molar-refractivity contribution in [3.63, 3.8) is 0 Å². The van der Waals surface area contributed by atoms with Crippen LogP contribution in [0.15, 0.2) is 24.5 Å². The van der Waals surface area contributed by atoms with Crippen LogP contribution < -0.4 is 0 Å². The minimum Gasteiger partial charge on any atom is -0.335 e. The first kappa shape index (κ1) is 9.21. The highest BCUT2D eigenvalue weighted by Crippen LogP contribution is 2.18. The largest absolute Gasteiger partial charge is 0.335 e. The van der Waals surface area contributed by atoms with E-state index in [-0.39, 0.29) is 11.7 Å². The zero-order valence-electron chi connectivity index (χ0n) is 7.70. The second kappa shape index (κ2) is 3.42. The van der Waals surface area contributed by atoms with Gasteiger partial charge in [-0.15, -0.1) is 11.6 Å². The third-order valence-electron chi connectivity index (χ3n) is 2.16. The van der Waals surface area contributed by atoms with Crippen molar-refractivity contribution in [1.29, 1.82) is 0 Å². The molecule has 0 fully saturated rings. The summed E-state index contributed by atoms with van der Waals surface area (Å²) in [5, 5.41) is 0.862. The number of pyridine rings is 1. The van der Waals surface area contributed by atoms with Crippen molar-refractivity contribution in [2.24, 2.45) is 7.05 Å². The molecule has 0 atom stereocenters. The van der Waals surface area contributed by atoms with Crippen LogP contribution in [-0.2, 0) is 7.05 Å². The monoisotopic (exact) mass is 208 g/mol. The number of rotatable bonds is 2. The fourth-order valence-corrected chi connectivity index (χ4v) is 1.65. The van der Waals surface area contributed by atoms with E-state index < -0.39 is 0 Å². The molecule has 0 unspecified atom stereocenters. The lowest BCUT2D eigenvalue weighted by Crippen LogP contribution is -1.98. The van der Waals surface area contributed by atoms with Crippen LogP contribution in [0.1, 0.15) is 10.4 Å². The number of carbonyl (C=O) groups excluding carboxylic acids is 1. The SMILES string of the molecule is Cn1cc(C(=O)CCl)c2cccnc21. The van der Waals surface area contributed by atoms with Gasteiger partial charge in [0, 0.05) is 30.4 Å². The predicted octanol–water partition coefficient (Wildman–Crippen LogP) is 1.99. The van der Waals surface area contributed by atoms with Crippen LogP contribution in [0.25, 0.3) is 11.0 Å². The summed E-state index contributed by atoms with van der Waals surface area (Å²) in [6, 6.07) is 3.69. The third-order valence-corrected chi connectivity index (χ3v) is 2.40. The van der Waals surface area contributed by atoms with Gasteiger partial charge < -0.3 is 4.57 Å². The normalized spacial score (nSPS) is 10.7. The second-order valence-electron chi connectivity index (χ2n) is 3.09. The van der Waals surface area contributed by atoms with Gasteiger partial charge in [0.15, 0.2) is 5.78 Å². The first-order valence-electron chi connectivity index (χ1n) is 4.23. The summed E-state index contributed by atoms with van der Waals surface area (Å²) in [5.74, 6) is -0.0566. The first-order chi connectivity index (χ1) is 6.74. The number of alkyl halides is 1. The molecule has 0 saturated heterocycles. The van der Waals surface area contributed by atoms with E-state index >= 15 is 0 Å². The van der Waals surface area contributed by atoms with E-state index in [0.717, 1.165) is 11.0 Å². The van der Waals surface area contributed by atoms with Crippen LogP contribution in [0, 0.1) is 0 Å². The van der Waals surface area contributed by atoms with Gasteiger partial charge in [-0.05, 0) is 12.1 Å². The molecule has 2 heterocycles. The lowest BCUT2D eigenvalue weighted by Gasteiger charge is -1.92. The van der Waals surface area contributed by atoms with E-state index in [9.17, 15) is 4.79 Å². The quantitative estimate of drug-likeness (QED) is 0.559. The lowest BCUT2D eigenvalue weighted by atomic mass is 10.1. The molecule has 0 saturated carbocycles.